The molecule has 12 heteroatoms. The minimum absolute atomic E-state index is 0.143. The Balaban J connectivity index is 1.77. The quantitative estimate of drug-likeness (QED) is 0.157. The van der Waals surface area contributed by atoms with Gasteiger partial charge in [-0.2, -0.15) is 0 Å². The second-order valence-electron chi connectivity index (χ2n) is 7.63. The van der Waals surface area contributed by atoms with Crippen LogP contribution in [-0.4, -0.2) is 44.1 Å². The lowest BCUT2D eigenvalue weighted by Crippen LogP contribution is -2.12. The smallest absolute Gasteiger partial charge is 0.355 e. The van der Waals surface area contributed by atoms with Gasteiger partial charge in [0.15, 0.2) is 0 Å². The van der Waals surface area contributed by atoms with Crippen LogP contribution < -0.4 is 0 Å². The summed E-state index contributed by atoms with van der Waals surface area (Å²) in [6.45, 7) is 4.67. The van der Waals surface area contributed by atoms with Gasteiger partial charge < -0.3 is 18.6 Å². The Morgan fingerprint density at radius 3 is 1.41 bits per heavy atom. The number of carbonyl (C=O) groups excluding carboxylic acids is 2. The van der Waals surface area contributed by atoms with Gasteiger partial charge in [-0.3, -0.25) is 20.2 Å². The van der Waals surface area contributed by atoms with Gasteiger partial charge in [-0.1, -0.05) is 25.7 Å². The van der Waals surface area contributed by atoms with Gasteiger partial charge >= 0.3 is 11.9 Å². The summed E-state index contributed by atoms with van der Waals surface area (Å²) in [5.41, 5.74) is 0.0597. The predicted octanol–water partition coefficient (Wildman–Crippen LogP) is 4.50. The lowest BCUT2D eigenvalue weighted by atomic mass is 10.1. The van der Waals surface area contributed by atoms with Crippen LogP contribution in [0.3, 0.4) is 0 Å². The Hall–Kier alpha value is -3.70. The van der Waals surface area contributed by atoms with E-state index >= 15 is 0 Å². The zero-order valence-corrected chi connectivity index (χ0v) is 19.4. The van der Waals surface area contributed by atoms with Crippen molar-refractivity contribution in [2.24, 2.45) is 0 Å². The van der Waals surface area contributed by atoms with Crippen molar-refractivity contribution in [3.8, 4) is 0 Å². The molecule has 0 fully saturated rings. The van der Waals surface area contributed by atoms with Crippen LogP contribution in [0.25, 0.3) is 0 Å². The molecule has 0 aliphatic heterocycles. The third-order valence-electron chi connectivity index (χ3n) is 5.20. The Kier molecular flexibility index (Phi) is 10.2. The molecule has 34 heavy (non-hydrogen) atoms. The number of rotatable bonds is 15. The van der Waals surface area contributed by atoms with Crippen molar-refractivity contribution in [3.05, 3.63) is 56.1 Å². The number of hydrogen-bond donors (Lipinski definition) is 0. The molecule has 2 aromatic heterocycles. The fourth-order valence-electron chi connectivity index (χ4n) is 3.58. The van der Waals surface area contributed by atoms with Gasteiger partial charge in [-0.15, -0.1) is 0 Å². The Morgan fingerprint density at radius 1 is 0.735 bits per heavy atom. The van der Waals surface area contributed by atoms with E-state index in [4.69, 9.17) is 9.47 Å². The van der Waals surface area contributed by atoms with Crippen LogP contribution in [0.5, 0.6) is 0 Å². The Morgan fingerprint density at radius 2 is 1.09 bits per heavy atom. The highest BCUT2D eigenvalue weighted by molar-refractivity contribution is 5.89. The molecule has 0 aliphatic rings. The number of aromatic nitrogens is 2. The van der Waals surface area contributed by atoms with Gasteiger partial charge in [0.2, 0.25) is 0 Å². The van der Waals surface area contributed by atoms with E-state index in [9.17, 15) is 29.8 Å². The van der Waals surface area contributed by atoms with E-state index < -0.39 is 21.8 Å². The molecule has 12 nitrogen and oxygen atoms in total. The zero-order chi connectivity index (χ0) is 25.1. The van der Waals surface area contributed by atoms with E-state index in [1.807, 2.05) is 0 Å². The van der Waals surface area contributed by atoms with E-state index in [1.54, 1.807) is 23.0 Å². The van der Waals surface area contributed by atoms with Gasteiger partial charge in [0.1, 0.15) is 11.4 Å². The molecule has 0 saturated heterocycles. The average Bonchev–Trinajstić information content (AvgIpc) is 3.41. The molecule has 0 amide bonds. The maximum absolute atomic E-state index is 12.0. The van der Waals surface area contributed by atoms with E-state index in [-0.39, 0.29) is 36.0 Å². The molecule has 0 aromatic carbocycles. The van der Waals surface area contributed by atoms with Crippen molar-refractivity contribution < 1.29 is 28.9 Å². The van der Waals surface area contributed by atoms with E-state index in [1.165, 1.54) is 24.5 Å². The highest BCUT2D eigenvalue weighted by Crippen LogP contribution is 2.20. The largest absolute Gasteiger partial charge is 0.461 e. The molecule has 0 unspecified atom stereocenters. The SMILES string of the molecule is CCOC(=O)c1cc([N+](=O)[O-])cn1CCCCCCCCn1cc([N+](=O)[O-])cc1C(=O)OCC. The summed E-state index contributed by atoms with van der Waals surface area (Å²) in [6, 6.07) is 2.46. The van der Waals surface area contributed by atoms with Crippen LogP contribution >= 0.6 is 0 Å². The molecule has 0 saturated carbocycles. The normalized spacial score (nSPS) is 10.8. The van der Waals surface area contributed by atoms with E-state index in [2.05, 4.69) is 0 Å². The summed E-state index contributed by atoms with van der Waals surface area (Å²) in [4.78, 5) is 45.1. The number of carbonyl (C=O) groups is 2. The van der Waals surface area contributed by atoms with Gasteiger partial charge in [0, 0.05) is 25.2 Å². The second kappa shape index (κ2) is 13.1. The molecule has 0 spiro atoms. The summed E-state index contributed by atoms with van der Waals surface area (Å²) < 4.78 is 13.1. The molecule has 2 aromatic rings. The first-order valence-electron chi connectivity index (χ1n) is 11.3. The fraction of sp³-hybridized carbons (Fsp3) is 0.545. The molecule has 0 atom stereocenters. The number of aryl methyl sites for hydroxylation is 2. The lowest BCUT2D eigenvalue weighted by molar-refractivity contribution is -0.385. The van der Waals surface area contributed by atoms with Crippen LogP contribution in [0.4, 0.5) is 11.4 Å². The first kappa shape index (κ1) is 26.6. The third kappa shape index (κ3) is 7.42. The minimum Gasteiger partial charge on any atom is -0.461 e. The summed E-state index contributed by atoms with van der Waals surface area (Å²) in [7, 11) is 0. The van der Waals surface area contributed by atoms with Gasteiger partial charge in [-0.05, 0) is 26.7 Å². The van der Waals surface area contributed by atoms with Crippen LogP contribution in [0.15, 0.2) is 24.5 Å². The van der Waals surface area contributed by atoms with Gasteiger partial charge in [-0.25, -0.2) is 9.59 Å². The van der Waals surface area contributed by atoms with Crippen LogP contribution in [0.1, 0.15) is 73.3 Å². The van der Waals surface area contributed by atoms with Crippen molar-refractivity contribution in [1.29, 1.82) is 0 Å². The lowest BCUT2D eigenvalue weighted by Gasteiger charge is -2.09. The molecule has 0 N–H and O–H groups in total. The predicted molar refractivity (Wildman–Crippen MR) is 122 cm³/mol. The van der Waals surface area contributed by atoms with Crippen molar-refractivity contribution in [2.45, 2.75) is 65.5 Å². The van der Waals surface area contributed by atoms with Crippen LogP contribution in [-0.2, 0) is 22.6 Å². The molecule has 0 aliphatic carbocycles. The first-order valence-corrected chi connectivity index (χ1v) is 11.3. The number of nitrogens with zero attached hydrogens (tertiary/aromatic N) is 4. The zero-order valence-electron chi connectivity index (χ0n) is 19.4. The number of unbranched alkanes of at least 4 members (excludes halogenated alkanes) is 5. The van der Waals surface area contributed by atoms with Crippen molar-refractivity contribution in [2.75, 3.05) is 13.2 Å². The molecule has 0 radical (unpaired) electrons. The summed E-state index contributed by atoms with van der Waals surface area (Å²) in [6.07, 6.45) is 7.79. The molecule has 0 bridgehead atoms. The van der Waals surface area contributed by atoms with Crippen molar-refractivity contribution >= 4 is 23.3 Å². The standard InChI is InChI=1S/C22H30N4O8/c1-3-33-21(27)19-13-17(25(29)30)15-23(19)11-9-7-5-6-8-10-12-24-16-18(26(31)32)14-20(24)22(28)34-4-2/h13-16H,3-12H2,1-2H3. The number of nitro groups is 2. The third-order valence-corrected chi connectivity index (χ3v) is 5.20. The van der Waals surface area contributed by atoms with Crippen molar-refractivity contribution in [3.63, 3.8) is 0 Å². The maximum Gasteiger partial charge on any atom is 0.355 e. The molecular formula is C22H30N4O8. The Bertz CT molecular complexity index is 930. The highest BCUT2D eigenvalue weighted by Gasteiger charge is 2.21. The number of ether oxygens (including phenoxy) is 2. The molecule has 186 valence electrons. The fourth-order valence-corrected chi connectivity index (χ4v) is 3.58. The van der Waals surface area contributed by atoms with Gasteiger partial charge in [0.25, 0.3) is 11.4 Å². The molecule has 2 heterocycles. The highest BCUT2D eigenvalue weighted by atomic mass is 16.6. The monoisotopic (exact) mass is 478 g/mol. The number of hydrogen-bond acceptors (Lipinski definition) is 8. The second-order valence-corrected chi connectivity index (χ2v) is 7.63. The van der Waals surface area contributed by atoms with Crippen molar-refractivity contribution in [1.82, 2.24) is 9.13 Å². The summed E-state index contributed by atoms with van der Waals surface area (Å²) in [5.74, 6) is -1.16. The van der Waals surface area contributed by atoms with E-state index in [0.717, 1.165) is 38.5 Å². The summed E-state index contributed by atoms with van der Waals surface area (Å²) >= 11 is 0. The van der Waals surface area contributed by atoms with Crippen LogP contribution in [0.2, 0.25) is 0 Å². The molecule has 2 rings (SSSR count). The van der Waals surface area contributed by atoms with Crippen LogP contribution in [0, 0.1) is 20.2 Å². The number of esters is 2. The first-order chi connectivity index (χ1) is 16.3. The molecular weight excluding hydrogens is 448 g/mol. The summed E-state index contributed by atoms with van der Waals surface area (Å²) in [5, 5.41) is 22.1. The average molecular weight is 479 g/mol. The maximum atomic E-state index is 12.0. The minimum atomic E-state index is -0.581. The van der Waals surface area contributed by atoms with Gasteiger partial charge in [0.05, 0.1) is 35.5 Å². The van der Waals surface area contributed by atoms with E-state index in [0.29, 0.717) is 13.1 Å². The topological polar surface area (TPSA) is 149 Å². The Labute approximate surface area is 196 Å².